The maximum atomic E-state index is 5.24. The molecule has 0 amide bonds. The molecule has 0 atom stereocenters. The highest BCUT2D eigenvalue weighted by atomic mass is 16.5. The van der Waals surface area contributed by atoms with E-state index in [1.807, 2.05) is 20.8 Å². The molecule has 20 heavy (non-hydrogen) atoms. The number of nitrogens with zero attached hydrogens (tertiary/aromatic N) is 3. The Kier molecular flexibility index (Phi) is 3.51. The average molecular weight is 274 g/mol. The number of aryl methyl sites for hydroxylation is 3. The van der Waals surface area contributed by atoms with E-state index < -0.39 is 0 Å². The molecule has 2 aromatic heterocycles. The molecular weight excluding hydrogens is 252 g/mol. The molecule has 3 rings (SSSR count). The summed E-state index contributed by atoms with van der Waals surface area (Å²) < 4.78 is 7.41. The van der Waals surface area contributed by atoms with Crippen molar-refractivity contribution in [3.63, 3.8) is 0 Å². The lowest BCUT2D eigenvalue weighted by Gasteiger charge is -2.14. The van der Waals surface area contributed by atoms with Crippen molar-refractivity contribution in [3.8, 4) is 0 Å². The van der Waals surface area contributed by atoms with Gasteiger partial charge in [0, 0.05) is 17.8 Å². The second-order valence-corrected chi connectivity index (χ2v) is 5.76. The van der Waals surface area contributed by atoms with Crippen LogP contribution in [0.1, 0.15) is 48.4 Å². The molecule has 0 spiro atoms. The third kappa shape index (κ3) is 2.57. The molecule has 0 unspecified atom stereocenters. The van der Waals surface area contributed by atoms with Gasteiger partial charge in [-0.1, -0.05) is 18.0 Å². The van der Waals surface area contributed by atoms with Crippen LogP contribution in [-0.4, -0.2) is 20.7 Å². The minimum absolute atomic E-state index is 0.570. The summed E-state index contributed by atoms with van der Waals surface area (Å²) in [5.41, 5.74) is 3.15. The summed E-state index contributed by atoms with van der Waals surface area (Å²) in [6.07, 6.45) is 7.22. The van der Waals surface area contributed by atoms with Gasteiger partial charge in [0.2, 0.25) is 5.95 Å². The standard InChI is InChI=1S/C15H22N4O/c1-10-8-19(9-14-11(2)18-20-12(14)3)15(16-10)17-13-6-4-5-7-13/h8,13H,4-7,9H2,1-3H3,(H,16,17). The van der Waals surface area contributed by atoms with Gasteiger partial charge >= 0.3 is 0 Å². The number of hydrogen-bond acceptors (Lipinski definition) is 4. The van der Waals surface area contributed by atoms with Gasteiger partial charge in [-0.3, -0.25) is 0 Å². The van der Waals surface area contributed by atoms with Gasteiger partial charge in [0.15, 0.2) is 0 Å². The fourth-order valence-corrected chi connectivity index (χ4v) is 2.93. The SMILES string of the molecule is Cc1cn(Cc2c(C)noc2C)c(NC2CCCC2)n1. The van der Waals surface area contributed by atoms with Gasteiger partial charge in [0.05, 0.1) is 17.9 Å². The molecule has 1 fully saturated rings. The van der Waals surface area contributed by atoms with Crippen molar-refractivity contribution in [1.29, 1.82) is 0 Å². The van der Waals surface area contributed by atoms with E-state index >= 15 is 0 Å². The Hall–Kier alpha value is -1.78. The van der Waals surface area contributed by atoms with Crippen LogP contribution in [0.4, 0.5) is 5.95 Å². The van der Waals surface area contributed by atoms with Crippen LogP contribution in [0.3, 0.4) is 0 Å². The topological polar surface area (TPSA) is 55.9 Å². The molecule has 2 aromatic rings. The summed E-state index contributed by atoms with van der Waals surface area (Å²) in [4.78, 5) is 4.61. The van der Waals surface area contributed by atoms with E-state index in [1.54, 1.807) is 0 Å². The molecule has 5 nitrogen and oxygen atoms in total. The number of aromatic nitrogens is 3. The van der Waals surface area contributed by atoms with Crippen molar-refractivity contribution in [2.45, 2.75) is 59.0 Å². The van der Waals surface area contributed by atoms with Crippen LogP contribution in [0.15, 0.2) is 10.7 Å². The third-order valence-electron chi connectivity index (χ3n) is 4.10. The molecule has 0 saturated heterocycles. The van der Waals surface area contributed by atoms with Crippen LogP contribution >= 0.6 is 0 Å². The van der Waals surface area contributed by atoms with E-state index in [4.69, 9.17) is 4.52 Å². The summed E-state index contributed by atoms with van der Waals surface area (Å²) in [6, 6.07) is 0.570. The van der Waals surface area contributed by atoms with Crippen molar-refractivity contribution in [2.75, 3.05) is 5.32 Å². The van der Waals surface area contributed by atoms with E-state index in [-0.39, 0.29) is 0 Å². The highest BCUT2D eigenvalue weighted by Gasteiger charge is 2.18. The monoisotopic (exact) mass is 274 g/mol. The third-order valence-corrected chi connectivity index (χ3v) is 4.10. The molecule has 108 valence electrons. The molecule has 5 heteroatoms. The Morgan fingerprint density at radius 2 is 2.05 bits per heavy atom. The molecule has 0 aliphatic heterocycles. The summed E-state index contributed by atoms with van der Waals surface area (Å²) >= 11 is 0. The molecule has 1 N–H and O–H groups in total. The first-order valence-corrected chi connectivity index (χ1v) is 7.35. The number of rotatable bonds is 4. The zero-order chi connectivity index (χ0) is 14.1. The zero-order valence-corrected chi connectivity index (χ0v) is 12.4. The van der Waals surface area contributed by atoms with Crippen LogP contribution in [-0.2, 0) is 6.54 Å². The average Bonchev–Trinajstić information content (AvgIpc) is 3.09. The van der Waals surface area contributed by atoms with Gasteiger partial charge in [0.25, 0.3) is 0 Å². The Labute approximate surface area is 119 Å². The number of nitrogens with one attached hydrogen (secondary N) is 1. The van der Waals surface area contributed by atoms with Crippen molar-refractivity contribution in [1.82, 2.24) is 14.7 Å². The van der Waals surface area contributed by atoms with Gasteiger partial charge < -0.3 is 14.4 Å². The Balaban J connectivity index is 1.82. The van der Waals surface area contributed by atoms with Crippen LogP contribution in [0.5, 0.6) is 0 Å². The predicted octanol–water partition coefficient (Wildman–Crippen LogP) is 3.20. The van der Waals surface area contributed by atoms with Crippen LogP contribution in [0.2, 0.25) is 0 Å². The maximum Gasteiger partial charge on any atom is 0.203 e. The first kappa shape index (κ1) is 13.2. The van der Waals surface area contributed by atoms with Gasteiger partial charge in [-0.15, -0.1) is 0 Å². The number of anilines is 1. The summed E-state index contributed by atoms with van der Waals surface area (Å²) in [7, 11) is 0. The van der Waals surface area contributed by atoms with E-state index in [0.29, 0.717) is 6.04 Å². The maximum absolute atomic E-state index is 5.24. The smallest absolute Gasteiger partial charge is 0.203 e. The minimum atomic E-state index is 0.570. The lowest BCUT2D eigenvalue weighted by atomic mass is 10.2. The molecule has 0 bridgehead atoms. The molecule has 0 radical (unpaired) electrons. The van der Waals surface area contributed by atoms with Crippen molar-refractivity contribution >= 4 is 5.95 Å². The van der Waals surface area contributed by atoms with Gasteiger partial charge in [-0.05, 0) is 33.6 Å². The Morgan fingerprint density at radius 1 is 1.30 bits per heavy atom. The van der Waals surface area contributed by atoms with E-state index in [9.17, 15) is 0 Å². The Morgan fingerprint density at radius 3 is 2.70 bits per heavy atom. The summed E-state index contributed by atoms with van der Waals surface area (Å²) in [5, 5.41) is 7.61. The van der Waals surface area contributed by atoms with Crippen LogP contribution < -0.4 is 5.32 Å². The fraction of sp³-hybridized carbons (Fsp3) is 0.600. The highest BCUT2D eigenvalue weighted by Crippen LogP contribution is 2.23. The van der Waals surface area contributed by atoms with E-state index in [0.717, 1.165) is 35.2 Å². The van der Waals surface area contributed by atoms with Crippen molar-refractivity contribution in [2.24, 2.45) is 0 Å². The molecule has 2 heterocycles. The number of imidazole rings is 1. The molecule has 1 aliphatic carbocycles. The lowest BCUT2D eigenvalue weighted by Crippen LogP contribution is -2.18. The second kappa shape index (κ2) is 5.31. The van der Waals surface area contributed by atoms with Crippen LogP contribution in [0.25, 0.3) is 0 Å². The highest BCUT2D eigenvalue weighted by molar-refractivity contribution is 5.33. The fourth-order valence-electron chi connectivity index (χ4n) is 2.93. The Bertz CT molecular complexity index is 574. The quantitative estimate of drug-likeness (QED) is 0.930. The van der Waals surface area contributed by atoms with Crippen LogP contribution in [0, 0.1) is 20.8 Å². The minimum Gasteiger partial charge on any atom is -0.361 e. The van der Waals surface area contributed by atoms with Gasteiger partial charge in [-0.25, -0.2) is 4.98 Å². The molecule has 1 aliphatic rings. The summed E-state index contributed by atoms with van der Waals surface area (Å²) in [6.45, 7) is 6.74. The van der Waals surface area contributed by atoms with E-state index in [1.165, 1.54) is 25.7 Å². The second-order valence-electron chi connectivity index (χ2n) is 5.76. The van der Waals surface area contributed by atoms with Gasteiger partial charge in [-0.2, -0.15) is 0 Å². The van der Waals surface area contributed by atoms with E-state index in [2.05, 4.69) is 26.2 Å². The lowest BCUT2D eigenvalue weighted by molar-refractivity contribution is 0.392. The van der Waals surface area contributed by atoms with Crippen molar-refractivity contribution in [3.05, 3.63) is 28.9 Å². The van der Waals surface area contributed by atoms with Crippen molar-refractivity contribution < 1.29 is 4.52 Å². The normalized spacial score (nSPS) is 15.9. The summed E-state index contributed by atoms with van der Waals surface area (Å²) in [5.74, 6) is 1.86. The first-order chi connectivity index (χ1) is 9.63. The first-order valence-electron chi connectivity index (χ1n) is 7.35. The number of hydrogen-bond donors (Lipinski definition) is 1. The largest absolute Gasteiger partial charge is 0.361 e. The molecule has 1 saturated carbocycles. The molecule has 0 aromatic carbocycles. The zero-order valence-electron chi connectivity index (χ0n) is 12.4. The van der Waals surface area contributed by atoms with Gasteiger partial charge in [0.1, 0.15) is 5.76 Å². The predicted molar refractivity (Wildman–Crippen MR) is 77.9 cm³/mol. The molecular formula is C15H22N4O.